The molecule has 0 atom stereocenters. The molecule has 5 heteroatoms. The molecule has 0 saturated carbocycles. The molecular formula is C12H12ClN3O. The minimum atomic E-state index is 0.255. The minimum absolute atomic E-state index is 0.255. The fourth-order valence-corrected chi connectivity index (χ4v) is 1.59. The van der Waals surface area contributed by atoms with E-state index >= 15 is 0 Å². The van der Waals surface area contributed by atoms with Crippen molar-refractivity contribution in [3.05, 3.63) is 46.7 Å². The fraction of sp³-hybridized carbons (Fsp3) is 0.167. The molecule has 0 aliphatic heterocycles. The van der Waals surface area contributed by atoms with Crippen LogP contribution in [0, 0.1) is 6.92 Å². The van der Waals surface area contributed by atoms with E-state index in [0.717, 1.165) is 11.1 Å². The molecule has 1 aromatic heterocycles. The largest absolute Gasteiger partial charge is 0.508 e. The smallest absolute Gasteiger partial charge is 0.224 e. The highest BCUT2D eigenvalue weighted by Crippen LogP contribution is 2.19. The second-order valence-corrected chi connectivity index (χ2v) is 4.08. The van der Waals surface area contributed by atoms with Crippen LogP contribution < -0.4 is 5.32 Å². The highest BCUT2D eigenvalue weighted by atomic mass is 35.5. The Morgan fingerprint density at radius 1 is 1.35 bits per heavy atom. The van der Waals surface area contributed by atoms with E-state index in [0.29, 0.717) is 17.6 Å². The monoisotopic (exact) mass is 249 g/mol. The SMILES string of the molecule is Cc1ccc(O)c(CNc2nccc(Cl)n2)c1. The zero-order valence-corrected chi connectivity index (χ0v) is 10.1. The molecule has 0 aliphatic rings. The molecule has 88 valence electrons. The molecule has 0 bridgehead atoms. The van der Waals surface area contributed by atoms with Crippen molar-refractivity contribution in [2.45, 2.75) is 13.5 Å². The number of nitrogens with zero attached hydrogens (tertiary/aromatic N) is 2. The molecule has 0 aliphatic carbocycles. The molecule has 4 nitrogen and oxygen atoms in total. The molecule has 17 heavy (non-hydrogen) atoms. The van der Waals surface area contributed by atoms with Gasteiger partial charge < -0.3 is 10.4 Å². The quantitative estimate of drug-likeness (QED) is 0.822. The summed E-state index contributed by atoms with van der Waals surface area (Å²) in [7, 11) is 0. The molecule has 2 N–H and O–H groups in total. The third-order valence-electron chi connectivity index (χ3n) is 2.29. The molecule has 0 spiro atoms. The number of aromatic hydroxyl groups is 1. The van der Waals surface area contributed by atoms with Gasteiger partial charge in [-0.05, 0) is 19.1 Å². The molecule has 0 unspecified atom stereocenters. The average Bonchev–Trinajstić information content (AvgIpc) is 2.30. The van der Waals surface area contributed by atoms with Gasteiger partial charge in [0.15, 0.2) is 0 Å². The van der Waals surface area contributed by atoms with Gasteiger partial charge in [-0.25, -0.2) is 9.97 Å². The van der Waals surface area contributed by atoms with Crippen LogP contribution in [0.5, 0.6) is 5.75 Å². The number of aryl methyl sites for hydroxylation is 1. The van der Waals surface area contributed by atoms with Crippen LogP contribution in [-0.2, 0) is 6.54 Å². The molecule has 2 aromatic rings. The van der Waals surface area contributed by atoms with Gasteiger partial charge in [-0.3, -0.25) is 0 Å². The molecule has 0 saturated heterocycles. The van der Waals surface area contributed by atoms with Crippen molar-refractivity contribution >= 4 is 17.5 Å². The molecule has 1 heterocycles. The van der Waals surface area contributed by atoms with Crippen molar-refractivity contribution in [2.75, 3.05) is 5.32 Å². The van der Waals surface area contributed by atoms with Crippen molar-refractivity contribution in [3.63, 3.8) is 0 Å². The molecule has 0 radical (unpaired) electrons. The van der Waals surface area contributed by atoms with Crippen LogP contribution in [0.2, 0.25) is 5.15 Å². The van der Waals surface area contributed by atoms with Crippen LogP contribution >= 0.6 is 11.6 Å². The van der Waals surface area contributed by atoms with E-state index in [1.165, 1.54) is 0 Å². The second kappa shape index (κ2) is 5.01. The first-order chi connectivity index (χ1) is 8.15. The van der Waals surface area contributed by atoms with Crippen LogP contribution in [-0.4, -0.2) is 15.1 Å². The number of hydrogen-bond acceptors (Lipinski definition) is 4. The van der Waals surface area contributed by atoms with Gasteiger partial charge in [0, 0.05) is 18.3 Å². The number of nitrogens with one attached hydrogen (secondary N) is 1. The van der Waals surface area contributed by atoms with Crippen LogP contribution in [0.1, 0.15) is 11.1 Å². The standard InChI is InChI=1S/C12H12ClN3O/c1-8-2-3-10(17)9(6-8)7-15-12-14-5-4-11(13)16-12/h2-6,17H,7H2,1H3,(H,14,15,16). The summed E-state index contributed by atoms with van der Waals surface area (Å²) in [5.74, 6) is 0.698. The van der Waals surface area contributed by atoms with Crippen LogP contribution in [0.3, 0.4) is 0 Å². The Morgan fingerprint density at radius 3 is 2.94 bits per heavy atom. The number of anilines is 1. The van der Waals surface area contributed by atoms with Gasteiger partial charge >= 0.3 is 0 Å². The Kier molecular flexibility index (Phi) is 3.44. The number of halogens is 1. The average molecular weight is 250 g/mol. The van der Waals surface area contributed by atoms with Crippen molar-refractivity contribution in [1.29, 1.82) is 0 Å². The van der Waals surface area contributed by atoms with Crippen molar-refractivity contribution < 1.29 is 5.11 Å². The Morgan fingerprint density at radius 2 is 2.18 bits per heavy atom. The topological polar surface area (TPSA) is 58.0 Å². The van der Waals surface area contributed by atoms with E-state index in [1.807, 2.05) is 19.1 Å². The first-order valence-corrected chi connectivity index (χ1v) is 5.54. The number of phenolic OH excluding ortho intramolecular Hbond substituents is 1. The number of rotatable bonds is 3. The lowest BCUT2D eigenvalue weighted by Gasteiger charge is -2.07. The summed E-state index contributed by atoms with van der Waals surface area (Å²) in [5.41, 5.74) is 1.89. The van der Waals surface area contributed by atoms with Gasteiger partial charge in [0.1, 0.15) is 10.9 Å². The van der Waals surface area contributed by atoms with E-state index < -0.39 is 0 Å². The zero-order valence-electron chi connectivity index (χ0n) is 9.31. The maximum absolute atomic E-state index is 9.66. The Bertz CT molecular complexity index is 531. The van der Waals surface area contributed by atoms with E-state index in [4.69, 9.17) is 11.6 Å². The lowest BCUT2D eigenvalue weighted by molar-refractivity contribution is 0.469. The molecule has 1 aromatic carbocycles. The zero-order chi connectivity index (χ0) is 12.3. The molecular weight excluding hydrogens is 238 g/mol. The number of hydrogen-bond donors (Lipinski definition) is 2. The van der Waals surface area contributed by atoms with Gasteiger partial charge in [-0.15, -0.1) is 0 Å². The maximum atomic E-state index is 9.66. The van der Waals surface area contributed by atoms with Gasteiger partial charge in [-0.1, -0.05) is 29.3 Å². The Labute approximate surface area is 104 Å². The van der Waals surface area contributed by atoms with Crippen molar-refractivity contribution in [1.82, 2.24) is 9.97 Å². The van der Waals surface area contributed by atoms with Crippen molar-refractivity contribution in [2.24, 2.45) is 0 Å². The van der Waals surface area contributed by atoms with Crippen LogP contribution in [0.15, 0.2) is 30.5 Å². The summed E-state index contributed by atoms with van der Waals surface area (Å²) in [5, 5.41) is 13.0. The summed E-state index contributed by atoms with van der Waals surface area (Å²) in [6, 6.07) is 7.05. The number of benzene rings is 1. The van der Waals surface area contributed by atoms with Gasteiger partial charge in [0.2, 0.25) is 5.95 Å². The predicted molar refractivity (Wildman–Crippen MR) is 67.2 cm³/mol. The lowest BCUT2D eigenvalue weighted by atomic mass is 10.1. The minimum Gasteiger partial charge on any atom is -0.508 e. The third kappa shape index (κ3) is 3.07. The normalized spacial score (nSPS) is 10.2. The fourth-order valence-electron chi connectivity index (χ4n) is 1.45. The first-order valence-electron chi connectivity index (χ1n) is 5.16. The molecule has 0 amide bonds. The summed E-state index contributed by atoms with van der Waals surface area (Å²) >= 11 is 5.74. The van der Waals surface area contributed by atoms with Crippen molar-refractivity contribution in [3.8, 4) is 5.75 Å². The van der Waals surface area contributed by atoms with Crippen LogP contribution in [0.25, 0.3) is 0 Å². The van der Waals surface area contributed by atoms with Gasteiger partial charge in [-0.2, -0.15) is 0 Å². The van der Waals surface area contributed by atoms with Crippen LogP contribution in [0.4, 0.5) is 5.95 Å². The third-order valence-corrected chi connectivity index (χ3v) is 2.50. The van der Waals surface area contributed by atoms with E-state index in [1.54, 1.807) is 18.3 Å². The Hall–Kier alpha value is -1.81. The second-order valence-electron chi connectivity index (χ2n) is 3.69. The maximum Gasteiger partial charge on any atom is 0.224 e. The summed E-state index contributed by atoms with van der Waals surface area (Å²) in [4.78, 5) is 8.02. The molecule has 2 rings (SSSR count). The van der Waals surface area contributed by atoms with E-state index in [9.17, 15) is 5.11 Å². The summed E-state index contributed by atoms with van der Waals surface area (Å²) in [6.07, 6.45) is 1.58. The van der Waals surface area contributed by atoms with E-state index in [2.05, 4.69) is 15.3 Å². The number of aromatic nitrogens is 2. The lowest BCUT2D eigenvalue weighted by Crippen LogP contribution is -2.03. The summed E-state index contributed by atoms with van der Waals surface area (Å²) < 4.78 is 0. The summed E-state index contributed by atoms with van der Waals surface area (Å²) in [6.45, 7) is 2.42. The van der Waals surface area contributed by atoms with Gasteiger partial charge in [0.05, 0.1) is 0 Å². The number of phenols is 1. The predicted octanol–water partition coefficient (Wildman–Crippen LogP) is 2.76. The molecule has 0 fully saturated rings. The highest BCUT2D eigenvalue weighted by Gasteiger charge is 2.02. The highest BCUT2D eigenvalue weighted by molar-refractivity contribution is 6.29. The Balaban J connectivity index is 2.09. The van der Waals surface area contributed by atoms with E-state index in [-0.39, 0.29) is 5.75 Å². The first kappa shape index (κ1) is 11.7. The van der Waals surface area contributed by atoms with Gasteiger partial charge in [0.25, 0.3) is 0 Å².